The van der Waals surface area contributed by atoms with Gasteiger partial charge >= 0.3 is 0 Å². The van der Waals surface area contributed by atoms with Crippen molar-refractivity contribution < 1.29 is 9.21 Å². The van der Waals surface area contributed by atoms with E-state index in [1.807, 2.05) is 35.7 Å². The Morgan fingerprint density at radius 3 is 2.82 bits per heavy atom. The first kappa shape index (κ1) is 14.8. The molecule has 0 spiro atoms. The predicted octanol–water partition coefficient (Wildman–Crippen LogP) is 3.92. The number of carbonyl (C=O) groups is 1. The minimum Gasteiger partial charge on any atom is -0.467 e. The Morgan fingerprint density at radius 2 is 2.09 bits per heavy atom. The van der Waals surface area contributed by atoms with Crippen LogP contribution in [0.1, 0.15) is 10.8 Å². The van der Waals surface area contributed by atoms with Gasteiger partial charge in [-0.25, -0.2) is 4.98 Å². The highest BCUT2D eigenvalue weighted by Gasteiger charge is 2.09. The van der Waals surface area contributed by atoms with E-state index in [2.05, 4.69) is 10.3 Å². The van der Waals surface area contributed by atoms with E-state index in [0.717, 1.165) is 22.0 Å². The first-order chi connectivity index (χ1) is 10.7. The van der Waals surface area contributed by atoms with Crippen LogP contribution in [0.25, 0.3) is 11.3 Å². The molecule has 4 nitrogen and oxygen atoms in total. The number of hydrogen-bond acceptors (Lipinski definition) is 4. The molecule has 0 bridgehead atoms. The zero-order valence-electron chi connectivity index (χ0n) is 11.6. The molecule has 0 saturated heterocycles. The predicted molar refractivity (Wildman–Crippen MR) is 86.8 cm³/mol. The lowest BCUT2D eigenvalue weighted by molar-refractivity contribution is -0.120. The van der Waals surface area contributed by atoms with Crippen molar-refractivity contribution in [2.75, 3.05) is 0 Å². The van der Waals surface area contributed by atoms with Gasteiger partial charge in [-0.15, -0.1) is 11.3 Å². The van der Waals surface area contributed by atoms with Gasteiger partial charge in [-0.1, -0.05) is 23.7 Å². The molecule has 1 N–H and O–H groups in total. The second-order valence-electron chi connectivity index (χ2n) is 4.67. The fraction of sp³-hybridized carbons (Fsp3) is 0.125. The van der Waals surface area contributed by atoms with Crippen LogP contribution in [0.3, 0.4) is 0 Å². The summed E-state index contributed by atoms with van der Waals surface area (Å²) in [6.45, 7) is 0.390. The molecule has 1 amide bonds. The third-order valence-corrected chi connectivity index (χ3v) is 4.14. The molecule has 2 aromatic heterocycles. The van der Waals surface area contributed by atoms with E-state index in [9.17, 15) is 4.79 Å². The second-order valence-corrected chi connectivity index (χ2v) is 6.05. The van der Waals surface area contributed by atoms with Crippen LogP contribution in [-0.4, -0.2) is 10.9 Å². The number of carbonyl (C=O) groups excluding carboxylic acids is 1. The minimum atomic E-state index is -0.0755. The van der Waals surface area contributed by atoms with E-state index in [0.29, 0.717) is 11.6 Å². The quantitative estimate of drug-likeness (QED) is 0.770. The van der Waals surface area contributed by atoms with Gasteiger partial charge < -0.3 is 9.73 Å². The second kappa shape index (κ2) is 6.77. The van der Waals surface area contributed by atoms with Crippen LogP contribution in [0.2, 0.25) is 5.02 Å². The molecular formula is C16H13ClN2O2S. The highest BCUT2D eigenvalue weighted by Crippen LogP contribution is 2.23. The molecule has 3 rings (SSSR count). The Kier molecular flexibility index (Phi) is 4.56. The van der Waals surface area contributed by atoms with Crippen LogP contribution in [-0.2, 0) is 17.8 Å². The standard InChI is InChI=1S/C16H13ClN2O2S/c17-12-5-3-11(4-6-12)14-10-22-16(19-14)8-15(20)18-9-13-2-1-7-21-13/h1-7,10H,8-9H2,(H,18,20). The van der Waals surface area contributed by atoms with Crippen LogP contribution >= 0.6 is 22.9 Å². The van der Waals surface area contributed by atoms with Gasteiger partial charge in [0, 0.05) is 16.0 Å². The smallest absolute Gasteiger partial charge is 0.227 e. The van der Waals surface area contributed by atoms with Crippen molar-refractivity contribution in [3.05, 3.63) is 63.8 Å². The highest BCUT2D eigenvalue weighted by atomic mass is 35.5. The Bertz CT molecular complexity index is 751. The number of benzene rings is 1. The fourth-order valence-corrected chi connectivity index (χ4v) is 2.87. The van der Waals surface area contributed by atoms with Gasteiger partial charge in [-0.05, 0) is 24.3 Å². The average molecular weight is 333 g/mol. The van der Waals surface area contributed by atoms with Gasteiger partial charge in [0.1, 0.15) is 10.8 Å². The lowest BCUT2D eigenvalue weighted by Gasteiger charge is -2.01. The van der Waals surface area contributed by atoms with Crippen LogP contribution in [0.5, 0.6) is 0 Å². The third-order valence-electron chi connectivity index (χ3n) is 3.04. The number of thiazole rings is 1. The van der Waals surface area contributed by atoms with Crippen molar-refractivity contribution in [3.63, 3.8) is 0 Å². The molecule has 6 heteroatoms. The molecule has 0 radical (unpaired) electrons. The van der Waals surface area contributed by atoms with Crippen LogP contribution < -0.4 is 5.32 Å². The summed E-state index contributed by atoms with van der Waals surface area (Å²) in [6, 6.07) is 11.1. The molecular weight excluding hydrogens is 320 g/mol. The van der Waals surface area contributed by atoms with E-state index in [-0.39, 0.29) is 12.3 Å². The molecule has 3 aromatic rings. The molecule has 0 unspecified atom stereocenters. The number of rotatable bonds is 5. The van der Waals surface area contributed by atoms with Crippen molar-refractivity contribution in [1.82, 2.24) is 10.3 Å². The van der Waals surface area contributed by atoms with Crippen molar-refractivity contribution in [2.45, 2.75) is 13.0 Å². The number of amides is 1. The summed E-state index contributed by atoms with van der Waals surface area (Å²) in [4.78, 5) is 16.4. The fourth-order valence-electron chi connectivity index (χ4n) is 1.94. The van der Waals surface area contributed by atoms with Gasteiger partial charge in [-0.2, -0.15) is 0 Å². The summed E-state index contributed by atoms with van der Waals surface area (Å²) in [7, 11) is 0. The third kappa shape index (κ3) is 3.75. The maximum atomic E-state index is 11.9. The van der Waals surface area contributed by atoms with E-state index in [4.69, 9.17) is 16.0 Å². The molecule has 0 atom stereocenters. The molecule has 22 heavy (non-hydrogen) atoms. The van der Waals surface area contributed by atoms with Crippen molar-refractivity contribution >= 4 is 28.8 Å². The minimum absolute atomic E-state index is 0.0755. The summed E-state index contributed by atoms with van der Waals surface area (Å²) in [6.07, 6.45) is 1.85. The van der Waals surface area contributed by atoms with Crippen LogP contribution in [0, 0.1) is 0 Å². The molecule has 0 fully saturated rings. The number of halogens is 1. The van der Waals surface area contributed by atoms with E-state index in [1.165, 1.54) is 11.3 Å². The van der Waals surface area contributed by atoms with Crippen LogP contribution in [0.4, 0.5) is 0 Å². The molecule has 2 heterocycles. The SMILES string of the molecule is O=C(Cc1nc(-c2ccc(Cl)cc2)cs1)NCc1ccco1. The van der Waals surface area contributed by atoms with Crippen molar-refractivity contribution in [1.29, 1.82) is 0 Å². The monoisotopic (exact) mass is 332 g/mol. The number of furan rings is 1. The Hall–Kier alpha value is -2.11. The van der Waals surface area contributed by atoms with E-state index < -0.39 is 0 Å². The van der Waals surface area contributed by atoms with Crippen LogP contribution in [0.15, 0.2) is 52.5 Å². The maximum absolute atomic E-state index is 11.9. The average Bonchev–Trinajstić information content (AvgIpc) is 3.17. The van der Waals surface area contributed by atoms with Gasteiger partial charge in [-0.3, -0.25) is 4.79 Å². The number of hydrogen-bond donors (Lipinski definition) is 1. The zero-order chi connectivity index (χ0) is 15.4. The first-order valence-corrected chi connectivity index (χ1v) is 7.96. The molecule has 0 aliphatic rings. The van der Waals surface area contributed by atoms with Gasteiger partial charge in [0.2, 0.25) is 5.91 Å². The Morgan fingerprint density at radius 1 is 1.27 bits per heavy atom. The van der Waals surface area contributed by atoms with E-state index in [1.54, 1.807) is 12.3 Å². The van der Waals surface area contributed by atoms with Gasteiger partial charge in [0.15, 0.2) is 0 Å². The lowest BCUT2D eigenvalue weighted by atomic mass is 10.2. The molecule has 112 valence electrons. The Labute approximate surface area is 136 Å². The number of nitrogens with one attached hydrogen (secondary N) is 1. The summed E-state index contributed by atoms with van der Waals surface area (Å²) in [5.41, 5.74) is 1.85. The first-order valence-electron chi connectivity index (χ1n) is 6.70. The molecule has 0 aliphatic heterocycles. The zero-order valence-corrected chi connectivity index (χ0v) is 13.2. The summed E-state index contributed by atoms with van der Waals surface area (Å²) in [5, 5.41) is 6.22. The lowest BCUT2D eigenvalue weighted by Crippen LogP contribution is -2.24. The summed E-state index contributed by atoms with van der Waals surface area (Å²) < 4.78 is 5.17. The molecule has 0 saturated carbocycles. The molecule has 0 aliphatic carbocycles. The summed E-state index contributed by atoms with van der Waals surface area (Å²) in [5.74, 6) is 0.655. The normalized spacial score (nSPS) is 10.6. The summed E-state index contributed by atoms with van der Waals surface area (Å²) >= 11 is 7.34. The Balaban J connectivity index is 1.59. The van der Waals surface area contributed by atoms with Crippen molar-refractivity contribution in [2.24, 2.45) is 0 Å². The van der Waals surface area contributed by atoms with E-state index >= 15 is 0 Å². The number of aromatic nitrogens is 1. The van der Waals surface area contributed by atoms with Crippen molar-refractivity contribution in [3.8, 4) is 11.3 Å². The molecule has 1 aromatic carbocycles. The topological polar surface area (TPSA) is 55.1 Å². The largest absolute Gasteiger partial charge is 0.467 e. The van der Waals surface area contributed by atoms with Gasteiger partial charge in [0.05, 0.1) is 24.9 Å². The highest BCUT2D eigenvalue weighted by molar-refractivity contribution is 7.10. The number of nitrogens with zero attached hydrogens (tertiary/aromatic N) is 1. The van der Waals surface area contributed by atoms with Gasteiger partial charge in [0.25, 0.3) is 0 Å². The maximum Gasteiger partial charge on any atom is 0.227 e.